The van der Waals surface area contributed by atoms with E-state index < -0.39 is 0 Å². The normalized spacial score (nSPS) is 16.5. The third-order valence-corrected chi connectivity index (χ3v) is 2.16. The molecular weight excluding hydrogens is 182 g/mol. The highest BCUT2D eigenvalue weighted by molar-refractivity contribution is 6.15. The van der Waals surface area contributed by atoms with Gasteiger partial charge in [0.05, 0.1) is 30.5 Å². The Hall–Kier alpha value is -1.78. The number of nitrogens with zero attached hydrogens (tertiary/aromatic N) is 3. The molecule has 0 bridgehead atoms. The van der Waals surface area contributed by atoms with Gasteiger partial charge in [-0.05, 0) is 6.92 Å². The van der Waals surface area contributed by atoms with Crippen LogP contribution in [0.25, 0.3) is 0 Å². The van der Waals surface area contributed by atoms with Crippen LogP contribution in [0, 0.1) is 6.92 Å². The number of carbonyl (C=O) groups is 2. The fourth-order valence-corrected chi connectivity index (χ4v) is 1.45. The van der Waals surface area contributed by atoms with E-state index in [9.17, 15) is 9.59 Å². The van der Waals surface area contributed by atoms with Gasteiger partial charge in [-0.1, -0.05) is 0 Å². The van der Waals surface area contributed by atoms with E-state index in [0.29, 0.717) is 11.4 Å². The first-order valence-corrected chi connectivity index (χ1v) is 4.27. The molecule has 1 aliphatic rings. The minimum atomic E-state index is -0.173. The van der Waals surface area contributed by atoms with Crippen molar-refractivity contribution in [3.8, 4) is 0 Å². The molecule has 1 aromatic rings. The number of Topliss-reactive ketones (excluding diaryl/α,β-unsaturated/α-hetero) is 1. The molecule has 0 aliphatic carbocycles. The zero-order valence-corrected chi connectivity index (χ0v) is 7.73. The molecular formula is C9H9N3O2. The van der Waals surface area contributed by atoms with E-state index in [4.69, 9.17) is 0 Å². The maximum absolute atomic E-state index is 11.4. The lowest BCUT2D eigenvalue weighted by atomic mass is 10.3. The van der Waals surface area contributed by atoms with Gasteiger partial charge in [0.25, 0.3) is 0 Å². The number of rotatable bonds is 1. The predicted octanol–water partition coefficient (Wildman–Crippen LogP) is 0.0908. The largest absolute Gasteiger partial charge is 0.301 e. The second kappa shape index (κ2) is 3.17. The third kappa shape index (κ3) is 1.37. The van der Waals surface area contributed by atoms with Crippen LogP contribution in [0.3, 0.4) is 0 Å². The van der Waals surface area contributed by atoms with Crippen LogP contribution in [0.2, 0.25) is 0 Å². The summed E-state index contributed by atoms with van der Waals surface area (Å²) < 4.78 is 0. The number of amides is 1. The molecule has 0 atom stereocenters. The molecule has 5 heteroatoms. The molecule has 0 spiro atoms. The van der Waals surface area contributed by atoms with Crippen LogP contribution >= 0.6 is 0 Å². The lowest BCUT2D eigenvalue weighted by Gasteiger charge is -2.15. The first-order valence-electron chi connectivity index (χ1n) is 4.27. The molecule has 1 aliphatic heterocycles. The zero-order valence-electron chi connectivity index (χ0n) is 7.73. The molecule has 0 aromatic carbocycles. The van der Waals surface area contributed by atoms with Gasteiger partial charge < -0.3 is 4.90 Å². The summed E-state index contributed by atoms with van der Waals surface area (Å²) >= 11 is 0. The van der Waals surface area contributed by atoms with Crippen molar-refractivity contribution >= 4 is 17.4 Å². The molecule has 1 fully saturated rings. The second-order valence-electron chi connectivity index (χ2n) is 3.19. The van der Waals surface area contributed by atoms with Gasteiger partial charge in [0.1, 0.15) is 6.33 Å². The Labute approximate surface area is 80.8 Å². The van der Waals surface area contributed by atoms with Gasteiger partial charge in [0.15, 0.2) is 5.78 Å². The summed E-state index contributed by atoms with van der Waals surface area (Å²) in [5.41, 5.74) is 1.34. The van der Waals surface area contributed by atoms with Crippen LogP contribution in [-0.2, 0) is 9.59 Å². The third-order valence-electron chi connectivity index (χ3n) is 2.16. The SMILES string of the molecule is Cc1ncncc1N1CC(=O)CC1=O. The maximum atomic E-state index is 11.4. The number of aryl methyl sites for hydroxylation is 1. The van der Waals surface area contributed by atoms with Crippen LogP contribution < -0.4 is 4.90 Å². The van der Waals surface area contributed by atoms with E-state index >= 15 is 0 Å². The summed E-state index contributed by atoms with van der Waals surface area (Å²) in [7, 11) is 0. The molecule has 2 heterocycles. The molecule has 2 rings (SSSR count). The van der Waals surface area contributed by atoms with E-state index in [0.717, 1.165) is 0 Å². The van der Waals surface area contributed by atoms with E-state index in [1.54, 1.807) is 13.1 Å². The van der Waals surface area contributed by atoms with E-state index in [2.05, 4.69) is 9.97 Å². The lowest BCUT2D eigenvalue weighted by Crippen LogP contribution is -2.25. The number of ketones is 1. The van der Waals surface area contributed by atoms with Crippen molar-refractivity contribution in [1.29, 1.82) is 0 Å². The van der Waals surface area contributed by atoms with Gasteiger partial charge in [-0.15, -0.1) is 0 Å². The van der Waals surface area contributed by atoms with Crippen LogP contribution in [0.4, 0.5) is 5.69 Å². The Morgan fingerprint density at radius 3 is 2.79 bits per heavy atom. The first-order chi connectivity index (χ1) is 6.68. The van der Waals surface area contributed by atoms with Crippen LogP contribution in [0.5, 0.6) is 0 Å². The molecule has 0 saturated carbocycles. The van der Waals surface area contributed by atoms with Crippen molar-refractivity contribution in [3.63, 3.8) is 0 Å². The number of carbonyl (C=O) groups excluding carboxylic acids is 2. The number of aromatic nitrogens is 2. The van der Waals surface area contributed by atoms with Gasteiger partial charge in [-0.2, -0.15) is 0 Å². The smallest absolute Gasteiger partial charge is 0.235 e. The van der Waals surface area contributed by atoms with Crippen LogP contribution in [0.15, 0.2) is 12.5 Å². The summed E-state index contributed by atoms with van der Waals surface area (Å²) in [6.07, 6.45) is 2.97. The van der Waals surface area contributed by atoms with Crippen molar-refractivity contribution < 1.29 is 9.59 Å². The maximum Gasteiger partial charge on any atom is 0.235 e. The van der Waals surface area contributed by atoms with Crippen LogP contribution in [0.1, 0.15) is 12.1 Å². The highest BCUT2D eigenvalue weighted by Gasteiger charge is 2.29. The van der Waals surface area contributed by atoms with Crippen LogP contribution in [-0.4, -0.2) is 28.2 Å². The topological polar surface area (TPSA) is 63.2 Å². The molecule has 0 unspecified atom stereocenters. The van der Waals surface area contributed by atoms with Gasteiger partial charge >= 0.3 is 0 Å². The van der Waals surface area contributed by atoms with Crippen molar-refractivity contribution in [3.05, 3.63) is 18.2 Å². The Kier molecular flexibility index (Phi) is 1.99. The number of anilines is 1. The molecule has 0 radical (unpaired) electrons. The van der Waals surface area contributed by atoms with Crippen molar-refractivity contribution in [2.75, 3.05) is 11.4 Å². The Balaban J connectivity index is 2.36. The molecule has 1 aromatic heterocycles. The molecule has 0 N–H and O–H groups in total. The van der Waals surface area contributed by atoms with Crippen molar-refractivity contribution in [1.82, 2.24) is 9.97 Å². The molecule has 14 heavy (non-hydrogen) atoms. The minimum Gasteiger partial charge on any atom is -0.301 e. The quantitative estimate of drug-likeness (QED) is 0.590. The average Bonchev–Trinajstić information content (AvgIpc) is 2.46. The highest BCUT2D eigenvalue weighted by Crippen LogP contribution is 2.20. The standard InChI is InChI=1S/C9H9N3O2/c1-6-8(3-10-5-11-6)12-4-7(13)2-9(12)14/h3,5H,2,4H2,1H3. The molecule has 5 nitrogen and oxygen atoms in total. The zero-order chi connectivity index (χ0) is 10.1. The average molecular weight is 191 g/mol. The molecule has 1 amide bonds. The summed E-state index contributed by atoms with van der Waals surface area (Å²) in [4.78, 5) is 31.7. The van der Waals surface area contributed by atoms with Crippen molar-refractivity contribution in [2.45, 2.75) is 13.3 Å². The fraction of sp³-hybridized carbons (Fsp3) is 0.333. The van der Waals surface area contributed by atoms with E-state index in [-0.39, 0.29) is 24.7 Å². The Morgan fingerprint density at radius 1 is 1.43 bits per heavy atom. The van der Waals surface area contributed by atoms with E-state index in [1.165, 1.54) is 11.2 Å². The summed E-state index contributed by atoms with van der Waals surface area (Å²) in [6.45, 7) is 1.93. The van der Waals surface area contributed by atoms with Gasteiger partial charge in [-0.3, -0.25) is 9.59 Å². The number of hydrogen-bond acceptors (Lipinski definition) is 4. The van der Waals surface area contributed by atoms with Gasteiger partial charge in [0, 0.05) is 0 Å². The van der Waals surface area contributed by atoms with E-state index in [1.807, 2.05) is 0 Å². The second-order valence-corrected chi connectivity index (χ2v) is 3.19. The highest BCUT2D eigenvalue weighted by atomic mass is 16.2. The van der Waals surface area contributed by atoms with Gasteiger partial charge in [0.2, 0.25) is 5.91 Å². The predicted molar refractivity (Wildman–Crippen MR) is 48.7 cm³/mol. The number of hydrogen-bond donors (Lipinski definition) is 0. The summed E-state index contributed by atoms with van der Waals surface area (Å²) in [5, 5.41) is 0. The fourth-order valence-electron chi connectivity index (χ4n) is 1.45. The molecule has 72 valence electrons. The Bertz CT molecular complexity index is 403. The summed E-state index contributed by atoms with van der Waals surface area (Å²) in [5.74, 6) is -0.230. The molecule has 1 saturated heterocycles. The summed E-state index contributed by atoms with van der Waals surface area (Å²) in [6, 6.07) is 0. The monoisotopic (exact) mass is 191 g/mol. The Morgan fingerprint density at radius 2 is 2.21 bits per heavy atom. The van der Waals surface area contributed by atoms with Crippen molar-refractivity contribution in [2.24, 2.45) is 0 Å². The first kappa shape index (κ1) is 8.80. The van der Waals surface area contributed by atoms with Gasteiger partial charge in [-0.25, -0.2) is 9.97 Å². The minimum absolute atomic E-state index is 0.00562. The lowest BCUT2D eigenvalue weighted by molar-refractivity contribution is -0.121.